The summed E-state index contributed by atoms with van der Waals surface area (Å²) < 4.78 is 5.79. The number of aromatic nitrogens is 2. The third-order valence-corrected chi connectivity index (χ3v) is 8.04. The fourth-order valence-electron chi connectivity index (χ4n) is 5.64. The second kappa shape index (κ2) is 11.5. The number of carbonyl (C=O) groups excluding carboxylic acids is 1. The minimum Gasteiger partial charge on any atom is -0.494 e. The van der Waals surface area contributed by atoms with Crippen LogP contribution >= 0.6 is 0 Å². The number of anilines is 4. The standard InChI is InChI=1S/C30H38N8O2/c1-7-28(39)33-24-16-25(27(40-6)17-26(24)38-14-9-20(10-15-38)36(3)4)35-30-31-12-8-23(34-30)22-18-32-29-21(19(22)2)11-13-37(29)5/h7-8,11-13,16-21H,1,9-10,14-15H2,2-6H3,(H,33,39)(H,31,34,35). The van der Waals surface area contributed by atoms with Crippen molar-refractivity contribution in [3.63, 3.8) is 0 Å². The van der Waals surface area contributed by atoms with Crippen molar-refractivity contribution in [2.45, 2.75) is 25.8 Å². The predicted molar refractivity (Wildman–Crippen MR) is 161 cm³/mol. The minimum atomic E-state index is -0.274. The topological polar surface area (TPSA) is 98.2 Å². The van der Waals surface area contributed by atoms with E-state index < -0.39 is 0 Å². The van der Waals surface area contributed by atoms with Crippen molar-refractivity contribution < 1.29 is 9.53 Å². The van der Waals surface area contributed by atoms with Gasteiger partial charge in [-0.3, -0.25) is 4.79 Å². The van der Waals surface area contributed by atoms with E-state index in [4.69, 9.17) is 14.7 Å². The monoisotopic (exact) mass is 542 g/mol. The molecule has 40 heavy (non-hydrogen) atoms. The molecule has 3 aliphatic rings. The normalized spacial score (nSPS) is 20.6. The van der Waals surface area contributed by atoms with Crippen molar-refractivity contribution >= 4 is 40.3 Å². The number of rotatable bonds is 8. The molecule has 2 unspecified atom stereocenters. The number of aliphatic imine (C=N–C) groups is 1. The lowest BCUT2D eigenvalue weighted by Gasteiger charge is -2.37. The summed E-state index contributed by atoms with van der Waals surface area (Å²) in [4.78, 5) is 33.0. The molecule has 2 atom stereocenters. The van der Waals surface area contributed by atoms with E-state index in [-0.39, 0.29) is 17.7 Å². The van der Waals surface area contributed by atoms with Crippen LogP contribution in [0, 0.1) is 11.8 Å². The number of hydrogen-bond acceptors (Lipinski definition) is 9. The molecule has 1 amide bonds. The third kappa shape index (κ3) is 5.44. The van der Waals surface area contributed by atoms with Gasteiger partial charge >= 0.3 is 0 Å². The highest BCUT2D eigenvalue weighted by molar-refractivity contribution is 6.02. The Hall–Kier alpha value is -4.18. The Balaban J connectivity index is 1.44. The minimum absolute atomic E-state index is 0.225. The molecule has 2 N–H and O–H groups in total. The van der Waals surface area contributed by atoms with Gasteiger partial charge in [0.15, 0.2) is 0 Å². The molecule has 5 rings (SSSR count). The molecule has 210 valence electrons. The number of nitrogens with zero attached hydrogens (tertiary/aromatic N) is 6. The summed E-state index contributed by atoms with van der Waals surface area (Å²) in [5, 5.41) is 6.30. The lowest BCUT2D eigenvalue weighted by Crippen LogP contribution is -2.42. The first-order valence-electron chi connectivity index (χ1n) is 13.6. The molecule has 0 bridgehead atoms. The summed E-state index contributed by atoms with van der Waals surface area (Å²) in [5.41, 5.74) is 4.11. The highest BCUT2D eigenvalue weighted by Crippen LogP contribution is 2.40. The molecule has 3 aliphatic heterocycles. The number of amidine groups is 1. The van der Waals surface area contributed by atoms with E-state index in [1.807, 2.05) is 31.4 Å². The Morgan fingerprint density at radius 1 is 1.23 bits per heavy atom. The molecular formula is C30H38N8O2. The first kappa shape index (κ1) is 27.4. The van der Waals surface area contributed by atoms with Gasteiger partial charge in [-0.1, -0.05) is 19.6 Å². The molecule has 10 heteroatoms. The highest BCUT2D eigenvalue weighted by atomic mass is 16.5. The fourth-order valence-corrected chi connectivity index (χ4v) is 5.64. The maximum absolute atomic E-state index is 12.4. The number of ether oxygens (including phenoxy) is 1. The SMILES string of the molecule is C=CC(=O)Nc1cc(Nc2nccc(C3=CN=C4C(C=CN4C)C3C)n2)c(OC)cc1N1CCC(N(C)C)CC1. The van der Waals surface area contributed by atoms with Gasteiger partial charge in [-0.2, -0.15) is 0 Å². The maximum Gasteiger partial charge on any atom is 0.247 e. The molecule has 10 nitrogen and oxygen atoms in total. The number of methoxy groups -OCH3 is 1. The second-order valence-corrected chi connectivity index (χ2v) is 10.7. The molecule has 4 heterocycles. The van der Waals surface area contributed by atoms with Crippen LogP contribution in [0.2, 0.25) is 0 Å². The van der Waals surface area contributed by atoms with Crippen molar-refractivity contribution in [1.82, 2.24) is 19.8 Å². The van der Waals surface area contributed by atoms with Crippen molar-refractivity contribution in [2.24, 2.45) is 16.8 Å². The van der Waals surface area contributed by atoms with E-state index in [0.29, 0.717) is 29.1 Å². The lowest BCUT2D eigenvalue weighted by molar-refractivity contribution is -0.111. The maximum atomic E-state index is 12.4. The Kier molecular flexibility index (Phi) is 7.88. The van der Waals surface area contributed by atoms with Crippen LogP contribution in [0.1, 0.15) is 25.5 Å². The van der Waals surface area contributed by atoms with Crippen LogP contribution in [0.4, 0.5) is 23.0 Å². The Bertz CT molecular complexity index is 1370. The zero-order valence-electron chi connectivity index (χ0n) is 23.9. The van der Waals surface area contributed by atoms with Crippen LogP contribution in [0.15, 0.2) is 60.5 Å². The smallest absolute Gasteiger partial charge is 0.247 e. The van der Waals surface area contributed by atoms with Crippen LogP contribution in [0.3, 0.4) is 0 Å². The number of allylic oxidation sites excluding steroid dienone is 1. The van der Waals surface area contributed by atoms with Gasteiger partial charge in [-0.15, -0.1) is 0 Å². The van der Waals surface area contributed by atoms with Gasteiger partial charge in [0.1, 0.15) is 11.6 Å². The molecule has 1 fully saturated rings. The van der Waals surface area contributed by atoms with Gasteiger partial charge in [0, 0.05) is 62.3 Å². The molecule has 1 aromatic heterocycles. The Labute approximate surface area is 236 Å². The van der Waals surface area contributed by atoms with Crippen LogP contribution in [-0.2, 0) is 4.79 Å². The molecule has 2 aromatic rings. The van der Waals surface area contributed by atoms with Gasteiger partial charge < -0.3 is 30.1 Å². The summed E-state index contributed by atoms with van der Waals surface area (Å²) in [6.45, 7) is 7.58. The molecule has 0 aliphatic carbocycles. The third-order valence-electron chi connectivity index (χ3n) is 8.04. The predicted octanol–water partition coefficient (Wildman–Crippen LogP) is 4.35. The number of nitrogens with one attached hydrogen (secondary N) is 2. The molecule has 0 radical (unpaired) electrons. The summed E-state index contributed by atoms with van der Waals surface area (Å²) in [6.07, 6.45) is 11.2. The second-order valence-electron chi connectivity index (χ2n) is 10.7. The zero-order chi connectivity index (χ0) is 28.4. The van der Waals surface area contributed by atoms with E-state index in [1.54, 1.807) is 13.3 Å². The van der Waals surface area contributed by atoms with Gasteiger partial charge in [0.05, 0.1) is 29.9 Å². The van der Waals surface area contributed by atoms with E-state index in [2.05, 4.69) is 70.2 Å². The van der Waals surface area contributed by atoms with Crippen LogP contribution in [-0.4, -0.2) is 78.9 Å². The van der Waals surface area contributed by atoms with Gasteiger partial charge in [0.2, 0.25) is 11.9 Å². The van der Waals surface area contributed by atoms with Gasteiger partial charge in [-0.25, -0.2) is 15.0 Å². The summed E-state index contributed by atoms with van der Waals surface area (Å²) >= 11 is 0. The van der Waals surface area contributed by atoms with Gasteiger partial charge in [0.25, 0.3) is 0 Å². The van der Waals surface area contributed by atoms with Crippen molar-refractivity contribution in [3.05, 3.63) is 61.2 Å². The van der Waals surface area contributed by atoms with Gasteiger partial charge in [-0.05, 0) is 51.1 Å². The highest BCUT2D eigenvalue weighted by Gasteiger charge is 2.33. The first-order chi connectivity index (χ1) is 19.3. The van der Waals surface area contributed by atoms with Crippen LogP contribution in [0.5, 0.6) is 5.75 Å². The van der Waals surface area contributed by atoms with Crippen molar-refractivity contribution in [3.8, 4) is 5.75 Å². The molecular weight excluding hydrogens is 504 g/mol. The zero-order valence-corrected chi connectivity index (χ0v) is 23.9. The quantitative estimate of drug-likeness (QED) is 0.475. The number of amides is 1. The van der Waals surface area contributed by atoms with E-state index >= 15 is 0 Å². The number of piperidine rings is 1. The first-order valence-corrected chi connectivity index (χ1v) is 13.6. The molecule has 1 saturated heterocycles. The Morgan fingerprint density at radius 3 is 2.70 bits per heavy atom. The van der Waals surface area contributed by atoms with Crippen LogP contribution in [0.25, 0.3) is 5.57 Å². The lowest BCUT2D eigenvalue weighted by atomic mass is 9.84. The summed E-state index contributed by atoms with van der Waals surface area (Å²) in [7, 11) is 7.90. The molecule has 0 spiro atoms. The molecule has 0 saturated carbocycles. The number of benzene rings is 1. The largest absolute Gasteiger partial charge is 0.494 e. The van der Waals surface area contributed by atoms with Crippen molar-refractivity contribution in [2.75, 3.05) is 56.9 Å². The number of carbonyl (C=O) groups is 1. The van der Waals surface area contributed by atoms with E-state index in [9.17, 15) is 4.79 Å². The van der Waals surface area contributed by atoms with E-state index in [0.717, 1.165) is 48.7 Å². The summed E-state index contributed by atoms with van der Waals surface area (Å²) in [6, 6.07) is 6.29. The summed E-state index contributed by atoms with van der Waals surface area (Å²) in [5.74, 6) is 2.29. The van der Waals surface area contributed by atoms with Crippen molar-refractivity contribution in [1.29, 1.82) is 0 Å². The Morgan fingerprint density at radius 2 is 2.00 bits per heavy atom. The van der Waals surface area contributed by atoms with Crippen LogP contribution < -0.4 is 20.3 Å². The van der Waals surface area contributed by atoms with E-state index in [1.165, 1.54) is 6.08 Å². The fraction of sp³-hybridized carbons (Fsp3) is 0.400. The molecule has 1 aromatic carbocycles. The number of fused-ring (bicyclic) bond motifs is 1. The number of hydrogen-bond donors (Lipinski definition) is 2. The average Bonchev–Trinajstić information content (AvgIpc) is 3.34. The average molecular weight is 543 g/mol.